The molecule has 0 aliphatic rings. The molecule has 168 valence electrons. The normalized spacial score (nSPS) is 11.8. The average molecular weight is 476 g/mol. The third kappa shape index (κ3) is 5.66. The number of hydrogen-bond acceptors (Lipinski definition) is 5. The second-order valence-corrected chi connectivity index (χ2v) is 8.37. The van der Waals surface area contributed by atoms with Crippen molar-refractivity contribution in [2.75, 3.05) is 5.32 Å². The quantitative estimate of drug-likeness (QED) is 0.444. The smallest absolute Gasteiger partial charge is 0.254 e. The number of rotatable bonds is 9. The number of thioether (sulfide) groups is 1. The van der Waals surface area contributed by atoms with Gasteiger partial charge in [0.25, 0.3) is 5.91 Å². The van der Waals surface area contributed by atoms with E-state index in [9.17, 15) is 14.0 Å². The summed E-state index contributed by atoms with van der Waals surface area (Å²) >= 11 is 7.42. The number of para-hydroxylation sites is 1. The molecule has 3 aromatic rings. The van der Waals surface area contributed by atoms with Gasteiger partial charge >= 0.3 is 0 Å². The van der Waals surface area contributed by atoms with Crippen molar-refractivity contribution in [3.63, 3.8) is 0 Å². The minimum atomic E-state index is -0.589. The summed E-state index contributed by atoms with van der Waals surface area (Å²) in [5, 5.41) is 14.5. The van der Waals surface area contributed by atoms with E-state index in [1.807, 2.05) is 18.4 Å². The zero-order chi connectivity index (χ0) is 23.1. The number of carbonyl (C=O) groups is 2. The van der Waals surface area contributed by atoms with Crippen LogP contribution in [-0.4, -0.2) is 31.8 Å². The monoisotopic (exact) mass is 475 g/mol. The Morgan fingerprint density at radius 1 is 1.12 bits per heavy atom. The van der Waals surface area contributed by atoms with Crippen LogP contribution in [0.25, 0.3) is 0 Å². The highest BCUT2D eigenvalue weighted by Crippen LogP contribution is 2.27. The highest BCUT2D eigenvalue weighted by Gasteiger charge is 2.23. The maximum atomic E-state index is 13.8. The van der Waals surface area contributed by atoms with Gasteiger partial charge in [-0.3, -0.25) is 9.59 Å². The van der Waals surface area contributed by atoms with Gasteiger partial charge in [0.2, 0.25) is 5.91 Å². The SMILES string of the molecule is CC[C@@H](Sc1nnc(CNC(=O)c2ccccc2F)n1CC)C(=O)Nc1ccccc1Cl. The van der Waals surface area contributed by atoms with Crippen LogP contribution in [0.5, 0.6) is 0 Å². The molecule has 0 unspecified atom stereocenters. The van der Waals surface area contributed by atoms with Gasteiger partial charge in [0.15, 0.2) is 11.0 Å². The zero-order valence-electron chi connectivity index (χ0n) is 17.6. The molecule has 0 saturated heterocycles. The van der Waals surface area contributed by atoms with Crippen LogP contribution in [0.4, 0.5) is 10.1 Å². The van der Waals surface area contributed by atoms with Crippen LogP contribution in [0.15, 0.2) is 53.7 Å². The maximum absolute atomic E-state index is 13.8. The Balaban J connectivity index is 1.68. The van der Waals surface area contributed by atoms with E-state index >= 15 is 0 Å². The van der Waals surface area contributed by atoms with E-state index in [1.165, 1.54) is 30.0 Å². The van der Waals surface area contributed by atoms with Crippen LogP contribution in [0.2, 0.25) is 5.02 Å². The molecule has 1 heterocycles. The number of benzene rings is 2. The first-order chi connectivity index (χ1) is 15.4. The molecule has 2 aromatic carbocycles. The molecule has 1 aromatic heterocycles. The third-order valence-electron chi connectivity index (χ3n) is 4.68. The van der Waals surface area contributed by atoms with Gasteiger partial charge in [-0.1, -0.05) is 54.6 Å². The summed E-state index contributed by atoms with van der Waals surface area (Å²) in [5.41, 5.74) is 0.513. The Morgan fingerprint density at radius 2 is 1.84 bits per heavy atom. The predicted molar refractivity (Wildman–Crippen MR) is 123 cm³/mol. The van der Waals surface area contributed by atoms with Crippen LogP contribution in [-0.2, 0) is 17.9 Å². The molecular weight excluding hydrogens is 453 g/mol. The van der Waals surface area contributed by atoms with E-state index < -0.39 is 17.0 Å². The van der Waals surface area contributed by atoms with Gasteiger partial charge in [0, 0.05) is 6.54 Å². The van der Waals surface area contributed by atoms with Crippen molar-refractivity contribution in [1.82, 2.24) is 20.1 Å². The van der Waals surface area contributed by atoms with Gasteiger partial charge in [-0.2, -0.15) is 0 Å². The fourth-order valence-corrected chi connectivity index (χ4v) is 4.20. The van der Waals surface area contributed by atoms with E-state index in [2.05, 4.69) is 20.8 Å². The Kier molecular flexibility index (Phi) is 8.24. The standard InChI is InChI=1S/C22H23ClFN5O2S/c1-3-18(21(31)26-17-12-8-6-10-15(17)23)32-22-28-27-19(29(22)4-2)13-25-20(30)14-9-5-7-11-16(14)24/h5-12,18H,3-4,13H2,1-2H3,(H,25,30)(H,26,31)/t18-/m1/s1. The van der Waals surface area contributed by atoms with Crippen molar-refractivity contribution in [3.8, 4) is 0 Å². The molecule has 0 aliphatic heterocycles. The molecule has 2 N–H and O–H groups in total. The summed E-state index contributed by atoms with van der Waals surface area (Å²) in [6.45, 7) is 4.45. The Hall–Kier alpha value is -2.91. The second-order valence-electron chi connectivity index (χ2n) is 6.79. The molecule has 0 saturated carbocycles. The lowest BCUT2D eigenvalue weighted by Gasteiger charge is -2.15. The second kappa shape index (κ2) is 11.1. The van der Waals surface area contributed by atoms with Crippen LogP contribution in [0.3, 0.4) is 0 Å². The van der Waals surface area contributed by atoms with Gasteiger partial charge in [-0.05, 0) is 37.6 Å². The molecule has 32 heavy (non-hydrogen) atoms. The van der Waals surface area contributed by atoms with Gasteiger partial charge in [0.05, 0.1) is 28.1 Å². The molecule has 0 spiro atoms. The zero-order valence-corrected chi connectivity index (χ0v) is 19.2. The first-order valence-electron chi connectivity index (χ1n) is 10.1. The summed E-state index contributed by atoms with van der Waals surface area (Å²) in [6.07, 6.45) is 0.566. The highest BCUT2D eigenvalue weighted by atomic mass is 35.5. The van der Waals surface area contributed by atoms with E-state index in [-0.39, 0.29) is 18.0 Å². The van der Waals surface area contributed by atoms with Crippen molar-refractivity contribution in [2.45, 2.75) is 43.8 Å². The summed E-state index contributed by atoms with van der Waals surface area (Å²) in [5.74, 6) is -0.797. The van der Waals surface area contributed by atoms with Crippen LogP contribution in [0.1, 0.15) is 36.5 Å². The average Bonchev–Trinajstić information content (AvgIpc) is 3.19. The molecule has 0 fully saturated rings. The number of nitrogens with one attached hydrogen (secondary N) is 2. The number of nitrogens with zero attached hydrogens (tertiary/aromatic N) is 3. The Morgan fingerprint density at radius 3 is 2.53 bits per heavy atom. The number of amides is 2. The fraction of sp³-hybridized carbons (Fsp3) is 0.273. The summed E-state index contributed by atoms with van der Waals surface area (Å²) in [4.78, 5) is 25.1. The van der Waals surface area contributed by atoms with Gasteiger partial charge in [-0.25, -0.2) is 4.39 Å². The summed E-state index contributed by atoms with van der Waals surface area (Å²) in [7, 11) is 0. The largest absolute Gasteiger partial charge is 0.345 e. The molecule has 7 nitrogen and oxygen atoms in total. The summed E-state index contributed by atoms with van der Waals surface area (Å²) in [6, 6.07) is 12.8. The minimum absolute atomic E-state index is 0.0352. The highest BCUT2D eigenvalue weighted by molar-refractivity contribution is 8.00. The first-order valence-corrected chi connectivity index (χ1v) is 11.4. The van der Waals surface area contributed by atoms with E-state index in [0.717, 1.165) is 0 Å². The van der Waals surface area contributed by atoms with Gasteiger partial charge in [-0.15, -0.1) is 10.2 Å². The lowest BCUT2D eigenvalue weighted by atomic mass is 10.2. The van der Waals surface area contributed by atoms with E-state index in [4.69, 9.17) is 11.6 Å². The Bertz CT molecular complexity index is 1110. The van der Waals surface area contributed by atoms with Gasteiger partial charge < -0.3 is 15.2 Å². The maximum Gasteiger partial charge on any atom is 0.254 e. The van der Waals surface area contributed by atoms with Crippen LogP contribution >= 0.6 is 23.4 Å². The van der Waals surface area contributed by atoms with E-state index in [0.29, 0.717) is 34.7 Å². The van der Waals surface area contributed by atoms with E-state index in [1.54, 1.807) is 30.3 Å². The number of anilines is 1. The minimum Gasteiger partial charge on any atom is -0.345 e. The topological polar surface area (TPSA) is 88.9 Å². The molecule has 0 radical (unpaired) electrons. The molecule has 0 aliphatic carbocycles. The van der Waals surface area contributed by atoms with Crippen molar-refractivity contribution in [2.24, 2.45) is 0 Å². The first kappa shape index (κ1) is 23.7. The van der Waals surface area contributed by atoms with Crippen molar-refractivity contribution in [1.29, 1.82) is 0 Å². The fourth-order valence-electron chi connectivity index (χ4n) is 2.98. The molecular formula is C22H23ClFN5O2S. The van der Waals surface area contributed by atoms with Gasteiger partial charge in [0.1, 0.15) is 5.82 Å². The Labute approximate surface area is 194 Å². The molecule has 10 heteroatoms. The number of aromatic nitrogens is 3. The third-order valence-corrected chi connectivity index (χ3v) is 6.35. The number of carbonyl (C=O) groups excluding carboxylic acids is 2. The predicted octanol–water partition coefficient (Wildman–Crippen LogP) is 4.53. The van der Waals surface area contributed by atoms with Crippen molar-refractivity contribution >= 4 is 40.9 Å². The molecule has 2 amide bonds. The molecule has 0 bridgehead atoms. The lowest BCUT2D eigenvalue weighted by molar-refractivity contribution is -0.115. The van der Waals surface area contributed by atoms with Crippen LogP contribution < -0.4 is 10.6 Å². The number of halogens is 2. The van der Waals surface area contributed by atoms with Crippen molar-refractivity contribution in [3.05, 3.63) is 70.8 Å². The summed E-state index contributed by atoms with van der Waals surface area (Å²) < 4.78 is 15.6. The lowest BCUT2D eigenvalue weighted by Crippen LogP contribution is -2.26. The molecule has 3 rings (SSSR count). The van der Waals surface area contributed by atoms with Crippen LogP contribution in [0, 0.1) is 5.82 Å². The van der Waals surface area contributed by atoms with Crippen molar-refractivity contribution < 1.29 is 14.0 Å². The molecule has 1 atom stereocenters. The number of hydrogen-bond donors (Lipinski definition) is 2.